The van der Waals surface area contributed by atoms with Crippen LogP contribution in [0, 0.1) is 0 Å². The molecule has 0 aromatic heterocycles. The predicted octanol–water partition coefficient (Wildman–Crippen LogP) is 3.83. The second kappa shape index (κ2) is 14.4. The number of quaternary nitrogens is 1. The molecule has 0 atom stereocenters. The zero-order valence-electron chi connectivity index (χ0n) is 16.9. The quantitative estimate of drug-likeness (QED) is 0.347. The van der Waals surface area contributed by atoms with Gasteiger partial charge in [0.1, 0.15) is 6.54 Å². The third-order valence-electron chi connectivity index (χ3n) is 4.94. The van der Waals surface area contributed by atoms with Gasteiger partial charge in [0.25, 0.3) is 0 Å². The fourth-order valence-electron chi connectivity index (χ4n) is 3.36. The van der Waals surface area contributed by atoms with Crippen molar-refractivity contribution >= 4 is 6.08 Å². The van der Waals surface area contributed by atoms with Gasteiger partial charge in [0.15, 0.2) is 0 Å². The molecule has 0 aliphatic heterocycles. The van der Waals surface area contributed by atoms with E-state index in [0.717, 1.165) is 11.0 Å². The minimum atomic E-state index is 0. The van der Waals surface area contributed by atoms with Crippen molar-refractivity contribution in [3.8, 4) is 0 Å². The van der Waals surface area contributed by atoms with Crippen molar-refractivity contribution in [3.05, 3.63) is 42.0 Å². The van der Waals surface area contributed by atoms with Gasteiger partial charge < -0.3 is 16.9 Å². The van der Waals surface area contributed by atoms with Crippen LogP contribution in [0.4, 0.5) is 0 Å². The highest BCUT2D eigenvalue weighted by atomic mass is 35.5. The van der Waals surface area contributed by atoms with Crippen LogP contribution in [0.25, 0.3) is 6.08 Å². The summed E-state index contributed by atoms with van der Waals surface area (Å²) in [5, 5.41) is 0. The number of hydrogen-bond donors (Lipinski definition) is 0. The van der Waals surface area contributed by atoms with Gasteiger partial charge in [-0.1, -0.05) is 95.2 Å². The van der Waals surface area contributed by atoms with Gasteiger partial charge in [-0.05, 0) is 18.4 Å². The van der Waals surface area contributed by atoms with Crippen LogP contribution in [0.5, 0.6) is 0 Å². The monoisotopic (exact) mass is 365 g/mol. The van der Waals surface area contributed by atoms with Crippen molar-refractivity contribution in [2.75, 3.05) is 20.6 Å². The summed E-state index contributed by atoms with van der Waals surface area (Å²) in [6.07, 6.45) is 16.1. The van der Waals surface area contributed by atoms with E-state index in [1.807, 2.05) is 6.08 Å². The van der Waals surface area contributed by atoms with Gasteiger partial charge in [0, 0.05) is 5.56 Å². The highest BCUT2D eigenvalue weighted by Gasteiger charge is 2.15. The Kier molecular flexibility index (Phi) is 13.9. The first-order valence-corrected chi connectivity index (χ1v) is 10.1. The van der Waals surface area contributed by atoms with E-state index in [2.05, 4.69) is 51.9 Å². The van der Waals surface area contributed by atoms with Gasteiger partial charge in [-0.3, -0.25) is 0 Å². The Morgan fingerprint density at radius 1 is 0.800 bits per heavy atom. The van der Waals surface area contributed by atoms with Gasteiger partial charge in [-0.2, -0.15) is 0 Å². The van der Waals surface area contributed by atoms with Gasteiger partial charge >= 0.3 is 0 Å². The van der Waals surface area contributed by atoms with Crippen LogP contribution < -0.4 is 12.4 Å². The third-order valence-corrected chi connectivity index (χ3v) is 4.94. The van der Waals surface area contributed by atoms with Gasteiger partial charge in [0.05, 0.1) is 20.6 Å². The van der Waals surface area contributed by atoms with Crippen LogP contribution in [-0.2, 0) is 6.54 Å². The lowest BCUT2D eigenvalue weighted by Gasteiger charge is -2.30. The molecule has 0 aliphatic rings. The van der Waals surface area contributed by atoms with E-state index in [9.17, 15) is 0 Å². The molecule has 0 radical (unpaired) electrons. The van der Waals surface area contributed by atoms with Crippen LogP contribution in [-0.4, -0.2) is 25.1 Å². The Morgan fingerprint density at radius 2 is 1.28 bits per heavy atom. The summed E-state index contributed by atoms with van der Waals surface area (Å²) in [5.41, 5.74) is 2.64. The molecule has 0 N–H and O–H groups in total. The number of hydrogen-bond acceptors (Lipinski definition) is 0. The van der Waals surface area contributed by atoms with Crippen molar-refractivity contribution in [3.63, 3.8) is 0 Å². The lowest BCUT2D eigenvalue weighted by molar-refractivity contribution is -0.903. The van der Waals surface area contributed by atoms with Crippen LogP contribution in [0.3, 0.4) is 0 Å². The van der Waals surface area contributed by atoms with E-state index in [1.165, 1.54) is 81.9 Å². The smallest absolute Gasteiger partial charge is 0.104 e. The van der Waals surface area contributed by atoms with Crippen molar-refractivity contribution < 1.29 is 16.9 Å². The number of rotatable bonds is 14. The standard InChI is InChI=1S/C23H40N.ClH/c1-5-7-8-9-10-11-12-13-14-15-20-24(3,4)21-23-18-16-22(6-2)17-19-23;/h6,16-19H,2,5,7-15,20-21H2,1,3-4H3;1H/q+1;/p-1. The largest absolute Gasteiger partial charge is 1.00 e. The lowest BCUT2D eigenvalue weighted by Crippen LogP contribution is -3.00. The van der Waals surface area contributed by atoms with Crippen LogP contribution in [0.1, 0.15) is 82.3 Å². The molecule has 0 fully saturated rings. The first kappa shape index (κ1) is 24.2. The second-order valence-electron chi connectivity index (χ2n) is 7.95. The topological polar surface area (TPSA) is 0 Å². The fourth-order valence-corrected chi connectivity index (χ4v) is 3.36. The molecule has 1 aromatic rings. The van der Waals surface area contributed by atoms with E-state index >= 15 is 0 Å². The Bertz CT molecular complexity index is 436. The van der Waals surface area contributed by atoms with E-state index in [4.69, 9.17) is 0 Å². The molecule has 0 aliphatic carbocycles. The maximum absolute atomic E-state index is 3.82. The molecule has 0 saturated carbocycles. The number of nitrogens with zero attached hydrogens (tertiary/aromatic N) is 1. The van der Waals surface area contributed by atoms with Crippen molar-refractivity contribution in [2.45, 2.75) is 77.7 Å². The second-order valence-corrected chi connectivity index (χ2v) is 7.95. The number of benzene rings is 1. The first-order valence-electron chi connectivity index (χ1n) is 10.1. The fraction of sp³-hybridized carbons (Fsp3) is 0.652. The molecular weight excluding hydrogens is 326 g/mol. The summed E-state index contributed by atoms with van der Waals surface area (Å²) in [7, 11) is 4.71. The summed E-state index contributed by atoms with van der Waals surface area (Å²) in [6.45, 7) is 8.51. The Labute approximate surface area is 163 Å². The van der Waals surface area contributed by atoms with E-state index in [-0.39, 0.29) is 12.4 Å². The van der Waals surface area contributed by atoms with Crippen molar-refractivity contribution in [2.24, 2.45) is 0 Å². The summed E-state index contributed by atoms with van der Waals surface area (Å²) in [4.78, 5) is 0. The van der Waals surface area contributed by atoms with E-state index in [0.29, 0.717) is 0 Å². The predicted molar refractivity (Wildman–Crippen MR) is 109 cm³/mol. The molecule has 0 saturated heterocycles. The Hall–Kier alpha value is -0.790. The highest BCUT2D eigenvalue weighted by Crippen LogP contribution is 2.15. The lowest BCUT2D eigenvalue weighted by atomic mass is 10.1. The molecule has 25 heavy (non-hydrogen) atoms. The zero-order chi connectivity index (χ0) is 17.7. The maximum Gasteiger partial charge on any atom is 0.104 e. The number of halogens is 1. The van der Waals surface area contributed by atoms with Crippen LogP contribution in [0.2, 0.25) is 0 Å². The summed E-state index contributed by atoms with van der Waals surface area (Å²) < 4.78 is 1.09. The zero-order valence-corrected chi connectivity index (χ0v) is 17.7. The highest BCUT2D eigenvalue weighted by molar-refractivity contribution is 5.47. The van der Waals surface area contributed by atoms with E-state index in [1.54, 1.807) is 0 Å². The summed E-state index contributed by atoms with van der Waals surface area (Å²) >= 11 is 0. The molecule has 0 spiro atoms. The molecular formula is C23H40ClN. The molecule has 144 valence electrons. The average molecular weight is 366 g/mol. The minimum Gasteiger partial charge on any atom is -1.00 e. The minimum absolute atomic E-state index is 0. The first-order chi connectivity index (χ1) is 11.6. The Balaban J connectivity index is 0.00000576. The van der Waals surface area contributed by atoms with Crippen molar-refractivity contribution in [1.82, 2.24) is 0 Å². The molecule has 1 rings (SSSR count). The molecule has 0 bridgehead atoms. The molecule has 0 unspecified atom stereocenters. The van der Waals surface area contributed by atoms with Gasteiger partial charge in [-0.15, -0.1) is 0 Å². The normalized spacial score (nSPS) is 11.2. The van der Waals surface area contributed by atoms with E-state index < -0.39 is 0 Å². The maximum atomic E-state index is 3.82. The van der Waals surface area contributed by atoms with Crippen LogP contribution in [0.15, 0.2) is 30.8 Å². The van der Waals surface area contributed by atoms with Crippen LogP contribution >= 0.6 is 0 Å². The average Bonchev–Trinajstić information content (AvgIpc) is 2.57. The van der Waals surface area contributed by atoms with Crippen molar-refractivity contribution in [1.29, 1.82) is 0 Å². The summed E-state index contributed by atoms with van der Waals surface area (Å²) in [5.74, 6) is 0. The SMILES string of the molecule is C=Cc1ccc(C[N+](C)(C)CCCCCCCCCCCC)cc1.[Cl-]. The number of unbranched alkanes of at least 4 members (excludes halogenated alkanes) is 9. The van der Waals surface area contributed by atoms with Gasteiger partial charge in [-0.25, -0.2) is 0 Å². The molecule has 2 heteroatoms. The Morgan fingerprint density at radius 3 is 1.76 bits per heavy atom. The summed E-state index contributed by atoms with van der Waals surface area (Å²) in [6, 6.07) is 8.83. The third kappa shape index (κ3) is 12.2. The molecule has 0 heterocycles. The molecule has 0 amide bonds. The molecule has 1 nitrogen and oxygen atoms in total. The molecule has 1 aromatic carbocycles. The van der Waals surface area contributed by atoms with Gasteiger partial charge in [0.2, 0.25) is 0 Å².